The summed E-state index contributed by atoms with van der Waals surface area (Å²) in [4.78, 5) is 18.1. The Morgan fingerprint density at radius 1 is 1.47 bits per heavy atom. The molecule has 0 bridgehead atoms. The molecule has 17 heavy (non-hydrogen) atoms. The molecule has 4 nitrogen and oxygen atoms in total. The van der Waals surface area contributed by atoms with Crippen LogP contribution in [0.5, 0.6) is 0 Å². The van der Waals surface area contributed by atoms with E-state index in [0.717, 1.165) is 17.5 Å². The first kappa shape index (κ1) is 12.0. The summed E-state index contributed by atoms with van der Waals surface area (Å²) in [6, 6.07) is 9.17. The zero-order valence-electron chi connectivity index (χ0n) is 9.72. The third kappa shape index (κ3) is 3.23. The lowest BCUT2D eigenvalue weighted by Crippen LogP contribution is -2.26. The van der Waals surface area contributed by atoms with Crippen LogP contribution in [-0.2, 0) is 0 Å². The van der Waals surface area contributed by atoms with Crippen LogP contribution in [0.15, 0.2) is 35.3 Å². The van der Waals surface area contributed by atoms with Crippen molar-refractivity contribution in [1.29, 1.82) is 0 Å². The van der Waals surface area contributed by atoms with Crippen LogP contribution in [0.4, 0.5) is 0 Å². The normalized spacial score (nSPS) is 17.5. The number of nitrogens with one attached hydrogen (secondary N) is 1. The lowest BCUT2D eigenvalue weighted by molar-refractivity contribution is 0.0955. The van der Waals surface area contributed by atoms with Crippen molar-refractivity contribution in [3.63, 3.8) is 0 Å². The summed E-state index contributed by atoms with van der Waals surface area (Å²) in [7, 11) is 2.01. The van der Waals surface area contributed by atoms with E-state index in [1.165, 1.54) is 0 Å². The van der Waals surface area contributed by atoms with Gasteiger partial charge in [0.15, 0.2) is 5.17 Å². The van der Waals surface area contributed by atoms with Gasteiger partial charge in [-0.2, -0.15) is 0 Å². The third-order valence-electron chi connectivity index (χ3n) is 2.47. The molecule has 2 rings (SSSR count). The monoisotopic (exact) mass is 249 g/mol. The predicted octanol–water partition coefficient (Wildman–Crippen LogP) is 1.41. The highest BCUT2D eigenvalue weighted by Crippen LogP contribution is 2.15. The maximum atomic E-state index is 11.7. The molecule has 0 radical (unpaired) electrons. The van der Waals surface area contributed by atoms with E-state index in [1.54, 1.807) is 23.9 Å². The Labute approximate surface area is 105 Å². The van der Waals surface area contributed by atoms with E-state index >= 15 is 0 Å². The van der Waals surface area contributed by atoms with E-state index in [4.69, 9.17) is 0 Å². The van der Waals surface area contributed by atoms with Crippen LogP contribution >= 0.6 is 11.8 Å². The molecule has 1 heterocycles. The first-order chi connectivity index (χ1) is 8.27. The van der Waals surface area contributed by atoms with Crippen molar-refractivity contribution in [3.8, 4) is 0 Å². The van der Waals surface area contributed by atoms with Crippen molar-refractivity contribution in [2.24, 2.45) is 4.99 Å². The van der Waals surface area contributed by atoms with E-state index < -0.39 is 0 Å². The molecule has 0 unspecified atom stereocenters. The molecule has 0 atom stereocenters. The number of benzene rings is 1. The zero-order valence-corrected chi connectivity index (χ0v) is 10.5. The third-order valence-corrected chi connectivity index (χ3v) is 3.56. The molecule has 0 spiro atoms. The van der Waals surface area contributed by atoms with Gasteiger partial charge in [-0.15, -0.1) is 0 Å². The van der Waals surface area contributed by atoms with Crippen molar-refractivity contribution in [3.05, 3.63) is 35.9 Å². The Bertz CT molecular complexity index is 419. The lowest BCUT2D eigenvalue weighted by atomic mass is 10.2. The van der Waals surface area contributed by atoms with Crippen molar-refractivity contribution in [2.75, 3.05) is 26.0 Å². The number of rotatable bonds is 3. The molecule has 1 aliphatic heterocycles. The average Bonchev–Trinajstić information content (AvgIpc) is 2.76. The average molecular weight is 249 g/mol. The number of hydrogen-bond acceptors (Lipinski definition) is 3. The second-order valence-corrected chi connectivity index (χ2v) is 4.80. The Morgan fingerprint density at radius 3 is 2.88 bits per heavy atom. The van der Waals surface area contributed by atoms with Gasteiger partial charge in [0.2, 0.25) is 0 Å². The van der Waals surface area contributed by atoms with E-state index in [1.807, 2.05) is 25.2 Å². The number of nitrogens with zero attached hydrogens (tertiary/aromatic N) is 2. The highest BCUT2D eigenvalue weighted by molar-refractivity contribution is 8.14. The van der Waals surface area contributed by atoms with Crippen LogP contribution in [-0.4, -0.2) is 42.0 Å². The number of carbonyl (C=O) groups excluding carboxylic acids is 1. The number of hydrogen-bond donors (Lipinski definition) is 1. The van der Waals surface area contributed by atoms with Crippen LogP contribution < -0.4 is 5.32 Å². The molecule has 1 saturated heterocycles. The lowest BCUT2D eigenvalue weighted by Gasteiger charge is -2.09. The Hall–Kier alpha value is -1.49. The molecule has 0 aromatic heterocycles. The van der Waals surface area contributed by atoms with Crippen LogP contribution in [0.2, 0.25) is 0 Å². The molecule has 0 aliphatic carbocycles. The van der Waals surface area contributed by atoms with Crippen molar-refractivity contribution in [1.82, 2.24) is 10.2 Å². The maximum absolute atomic E-state index is 11.7. The van der Waals surface area contributed by atoms with Gasteiger partial charge in [-0.25, -0.2) is 4.99 Å². The summed E-state index contributed by atoms with van der Waals surface area (Å²) in [5, 5.41) is 3.78. The molecule has 1 N–H and O–H groups in total. The van der Waals surface area contributed by atoms with E-state index in [-0.39, 0.29) is 5.91 Å². The first-order valence-corrected chi connectivity index (χ1v) is 6.47. The quantitative estimate of drug-likeness (QED) is 0.881. The van der Waals surface area contributed by atoms with Crippen LogP contribution in [0.1, 0.15) is 10.4 Å². The zero-order chi connectivity index (χ0) is 12.1. The van der Waals surface area contributed by atoms with Gasteiger partial charge in [0, 0.05) is 24.9 Å². The van der Waals surface area contributed by atoms with Crippen LogP contribution in [0, 0.1) is 0 Å². The fourth-order valence-corrected chi connectivity index (χ4v) is 2.53. The smallest absolute Gasteiger partial charge is 0.252 e. The second-order valence-electron chi connectivity index (χ2n) is 3.74. The highest BCUT2D eigenvalue weighted by Gasteiger charge is 2.14. The van der Waals surface area contributed by atoms with E-state index in [9.17, 15) is 4.79 Å². The van der Waals surface area contributed by atoms with Gasteiger partial charge in [-0.3, -0.25) is 4.79 Å². The first-order valence-electron chi connectivity index (χ1n) is 5.49. The summed E-state index contributed by atoms with van der Waals surface area (Å²) in [5.74, 6) is 0.989. The maximum Gasteiger partial charge on any atom is 0.252 e. The van der Waals surface area contributed by atoms with E-state index in [0.29, 0.717) is 12.2 Å². The SMILES string of the molecule is CN1CCS/C1=N/CNC(=O)c1ccccc1. The number of carbonyl (C=O) groups is 1. The fraction of sp³-hybridized carbons (Fsp3) is 0.333. The predicted molar refractivity (Wildman–Crippen MR) is 71.3 cm³/mol. The minimum absolute atomic E-state index is 0.0828. The minimum Gasteiger partial charge on any atom is -0.354 e. The molecule has 1 fully saturated rings. The van der Waals surface area contributed by atoms with Crippen molar-refractivity contribution < 1.29 is 4.79 Å². The van der Waals surface area contributed by atoms with Crippen LogP contribution in [0.3, 0.4) is 0 Å². The minimum atomic E-state index is -0.0828. The molecule has 1 aromatic carbocycles. The summed E-state index contributed by atoms with van der Waals surface area (Å²) < 4.78 is 0. The summed E-state index contributed by atoms with van der Waals surface area (Å²) >= 11 is 1.72. The Balaban J connectivity index is 1.85. The number of amidine groups is 1. The summed E-state index contributed by atoms with van der Waals surface area (Å²) in [6.07, 6.45) is 0. The summed E-state index contributed by atoms with van der Waals surface area (Å²) in [5.41, 5.74) is 0.667. The molecule has 90 valence electrons. The highest BCUT2D eigenvalue weighted by atomic mass is 32.2. The molecule has 0 saturated carbocycles. The molecule has 1 aromatic rings. The molecule has 1 aliphatic rings. The van der Waals surface area contributed by atoms with Gasteiger partial charge < -0.3 is 10.2 Å². The molecular weight excluding hydrogens is 234 g/mol. The van der Waals surface area contributed by atoms with Gasteiger partial charge in [0.1, 0.15) is 6.67 Å². The topological polar surface area (TPSA) is 44.7 Å². The van der Waals surface area contributed by atoms with Gasteiger partial charge in [0.25, 0.3) is 5.91 Å². The van der Waals surface area contributed by atoms with E-state index in [2.05, 4.69) is 15.2 Å². The summed E-state index contributed by atoms with van der Waals surface area (Å²) in [6.45, 7) is 1.36. The van der Waals surface area contributed by atoms with Crippen molar-refractivity contribution >= 4 is 22.8 Å². The Kier molecular flexibility index (Phi) is 4.03. The van der Waals surface area contributed by atoms with Gasteiger partial charge in [-0.05, 0) is 12.1 Å². The van der Waals surface area contributed by atoms with Gasteiger partial charge in [0.05, 0.1) is 0 Å². The van der Waals surface area contributed by atoms with Crippen molar-refractivity contribution in [2.45, 2.75) is 0 Å². The Morgan fingerprint density at radius 2 is 2.24 bits per heavy atom. The van der Waals surface area contributed by atoms with Gasteiger partial charge in [-0.1, -0.05) is 30.0 Å². The largest absolute Gasteiger partial charge is 0.354 e. The number of aliphatic imine (C=N–C) groups is 1. The number of thioether (sulfide) groups is 1. The van der Waals surface area contributed by atoms with Crippen LogP contribution in [0.25, 0.3) is 0 Å². The standard InChI is InChI=1S/C12H15N3OS/c1-15-7-8-17-12(15)14-9-13-11(16)10-5-3-2-4-6-10/h2-6H,7-9H2,1H3,(H,13,16)/b14-12+. The molecule has 1 amide bonds. The number of amides is 1. The van der Waals surface area contributed by atoms with Gasteiger partial charge >= 0.3 is 0 Å². The fourth-order valence-electron chi connectivity index (χ4n) is 1.52. The molecule has 5 heteroatoms. The second kappa shape index (κ2) is 5.72. The molecular formula is C12H15N3OS.